The van der Waals surface area contributed by atoms with Crippen LogP contribution in [0.5, 0.6) is 0 Å². The van der Waals surface area contributed by atoms with Gasteiger partial charge in [0.25, 0.3) is 0 Å². The number of ether oxygens (including phenoxy) is 1. The number of alkyl carbamates (subject to hydrolysis) is 1. The van der Waals surface area contributed by atoms with Gasteiger partial charge in [-0.05, 0) is 58.8 Å². The number of rotatable bonds is 3. The lowest BCUT2D eigenvalue weighted by Crippen LogP contribution is -2.48. The molecule has 0 unspecified atom stereocenters. The summed E-state index contributed by atoms with van der Waals surface area (Å²) in [5.74, 6) is 0. The van der Waals surface area contributed by atoms with Crippen LogP contribution in [0.1, 0.15) is 39.3 Å². The fourth-order valence-corrected chi connectivity index (χ4v) is 2.66. The van der Waals surface area contributed by atoms with Gasteiger partial charge in [0.1, 0.15) is 5.60 Å². The molecule has 1 aliphatic rings. The summed E-state index contributed by atoms with van der Waals surface area (Å²) >= 11 is 0. The molecule has 1 fully saturated rings. The minimum atomic E-state index is -0.476. The molecule has 1 aromatic rings. The molecule has 0 saturated carbocycles. The Labute approximate surface area is 126 Å². The van der Waals surface area contributed by atoms with Crippen LogP contribution in [0, 0.1) is 0 Å². The lowest BCUT2D eigenvalue weighted by atomic mass is 9.75. The van der Waals surface area contributed by atoms with Crippen LogP contribution in [0.2, 0.25) is 0 Å². The number of hydrogen-bond donors (Lipinski definition) is 2. The van der Waals surface area contributed by atoms with E-state index in [0.717, 1.165) is 31.6 Å². The van der Waals surface area contributed by atoms with E-state index in [1.807, 2.05) is 45.2 Å². The summed E-state index contributed by atoms with van der Waals surface area (Å²) < 4.78 is 5.32. The van der Waals surface area contributed by atoms with Gasteiger partial charge < -0.3 is 15.4 Å². The van der Waals surface area contributed by atoms with Crippen molar-refractivity contribution in [2.45, 2.75) is 44.6 Å². The summed E-state index contributed by atoms with van der Waals surface area (Å²) in [6, 6.07) is 5.96. The predicted molar refractivity (Wildman–Crippen MR) is 82.3 cm³/mol. The molecule has 116 valence electrons. The van der Waals surface area contributed by atoms with Gasteiger partial charge in [0.05, 0.1) is 0 Å². The molecule has 0 spiro atoms. The maximum absolute atomic E-state index is 11.9. The molecule has 1 saturated heterocycles. The molecule has 21 heavy (non-hydrogen) atoms. The van der Waals surface area contributed by atoms with Crippen molar-refractivity contribution in [1.82, 2.24) is 15.6 Å². The molecule has 0 atom stereocenters. The van der Waals surface area contributed by atoms with Crippen LogP contribution in [0.25, 0.3) is 0 Å². The number of piperidine rings is 1. The average Bonchev–Trinajstić information content (AvgIpc) is 2.45. The first-order chi connectivity index (χ1) is 9.91. The third-order valence-electron chi connectivity index (χ3n) is 3.74. The molecule has 1 aromatic heterocycles. The minimum absolute atomic E-state index is 0.108. The largest absolute Gasteiger partial charge is 0.444 e. The van der Waals surface area contributed by atoms with Crippen molar-refractivity contribution in [3.05, 3.63) is 30.1 Å². The van der Waals surface area contributed by atoms with Gasteiger partial charge >= 0.3 is 6.09 Å². The van der Waals surface area contributed by atoms with Gasteiger partial charge in [-0.3, -0.25) is 4.98 Å². The summed E-state index contributed by atoms with van der Waals surface area (Å²) in [7, 11) is 0. The second kappa shape index (κ2) is 6.43. The summed E-state index contributed by atoms with van der Waals surface area (Å²) in [6.45, 7) is 8.03. The number of hydrogen-bond acceptors (Lipinski definition) is 4. The van der Waals surface area contributed by atoms with Gasteiger partial charge in [0, 0.05) is 23.9 Å². The number of nitrogens with one attached hydrogen (secondary N) is 2. The molecule has 0 aromatic carbocycles. The van der Waals surface area contributed by atoms with E-state index in [1.165, 1.54) is 0 Å². The summed E-state index contributed by atoms with van der Waals surface area (Å²) in [6.07, 6.45) is 3.36. The SMILES string of the molecule is CC(C)(C)OC(=O)NCC1(c2ccccn2)CCNCC1. The maximum Gasteiger partial charge on any atom is 0.407 e. The van der Waals surface area contributed by atoms with E-state index < -0.39 is 5.60 Å². The monoisotopic (exact) mass is 291 g/mol. The zero-order valence-electron chi connectivity index (χ0n) is 13.1. The molecule has 5 heteroatoms. The van der Waals surface area contributed by atoms with Crippen molar-refractivity contribution in [2.75, 3.05) is 19.6 Å². The Morgan fingerprint density at radius 2 is 2.10 bits per heavy atom. The van der Waals surface area contributed by atoms with E-state index in [1.54, 1.807) is 0 Å². The van der Waals surface area contributed by atoms with Crippen LogP contribution in [0.4, 0.5) is 4.79 Å². The van der Waals surface area contributed by atoms with Gasteiger partial charge in [-0.2, -0.15) is 0 Å². The van der Waals surface area contributed by atoms with Gasteiger partial charge in [-0.15, -0.1) is 0 Å². The molecule has 0 radical (unpaired) electrons. The van der Waals surface area contributed by atoms with Crippen LogP contribution in [-0.4, -0.2) is 36.3 Å². The second-order valence-electron chi connectivity index (χ2n) is 6.60. The summed E-state index contributed by atoms with van der Waals surface area (Å²) in [4.78, 5) is 16.4. The molecule has 1 amide bonds. The van der Waals surface area contributed by atoms with Crippen molar-refractivity contribution in [2.24, 2.45) is 0 Å². The Morgan fingerprint density at radius 3 is 2.67 bits per heavy atom. The van der Waals surface area contributed by atoms with E-state index in [9.17, 15) is 4.79 Å². The molecule has 0 bridgehead atoms. The smallest absolute Gasteiger partial charge is 0.407 e. The topological polar surface area (TPSA) is 63.2 Å². The first-order valence-electron chi connectivity index (χ1n) is 7.50. The van der Waals surface area contributed by atoms with Gasteiger partial charge in [0.15, 0.2) is 0 Å². The van der Waals surface area contributed by atoms with Crippen molar-refractivity contribution >= 4 is 6.09 Å². The van der Waals surface area contributed by atoms with E-state index in [4.69, 9.17) is 4.74 Å². The van der Waals surface area contributed by atoms with E-state index in [-0.39, 0.29) is 11.5 Å². The number of aromatic nitrogens is 1. The lowest BCUT2D eigenvalue weighted by Gasteiger charge is -2.37. The predicted octanol–water partition coefficient (Wildman–Crippen LogP) is 2.23. The van der Waals surface area contributed by atoms with Crippen molar-refractivity contribution < 1.29 is 9.53 Å². The second-order valence-corrected chi connectivity index (χ2v) is 6.60. The van der Waals surface area contributed by atoms with Gasteiger partial charge in [-0.25, -0.2) is 4.79 Å². The first kappa shape index (κ1) is 15.8. The molecule has 1 aliphatic heterocycles. The fraction of sp³-hybridized carbons (Fsp3) is 0.625. The van der Waals surface area contributed by atoms with Crippen LogP contribution >= 0.6 is 0 Å². The van der Waals surface area contributed by atoms with Crippen molar-refractivity contribution in [3.63, 3.8) is 0 Å². The molecule has 5 nitrogen and oxygen atoms in total. The molecule has 2 rings (SSSR count). The highest BCUT2D eigenvalue weighted by molar-refractivity contribution is 5.67. The zero-order chi connectivity index (χ0) is 15.3. The van der Waals surface area contributed by atoms with Crippen LogP contribution < -0.4 is 10.6 Å². The molecule has 0 aliphatic carbocycles. The number of carbonyl (C=O) groups is 1. The average molecular weight is 291 g/mol. The summed E-state index contributed by atoms with van der Waals surface area (Å²) in [5, 5.41) is 6.28. The molecular formula is C16H25N3O2. The Bertz CT molecular complexity index is 462. The number of amides is 1. The highest BCUT2D eigenvalue weighted by Gasteiger charge is 2.35. The lowest BCUT2D eigenvalue weighted by molar-refractivity contribution is 0.0508. The Morgan fingerprint density at radius 1 is 1.38 bits per heavy atom. The number of pyridine rings is 1. The standard InChI is InChI=1S/C16H25N3O2/c1-15(2,3)21-14(20)19-12-16(7-10-17-11-8-16)13-6-4-5-9-18-13/h4-6,9,17H,7-8,10-12H2,1-3H3,(H,19,20). The van der Waals surface area contributed by atoms with Crippen LogP contribution in [0.15, 0.2) is 24.4 Å². The molecule has 2 heterocycles. The van der Waals surface area contributed by atoms with E-state index >= 15 is 0 Å². The Kier molecular flexibility index (Phi) is 4.83. The van der Waals surface area contributed by atoms with E-state index in [2.05, 4.69) is 15.6 Å². The van der Waals surface area contributed by atoms with E-state index in [0.29, 0.717) is 6.54 Å². The third-order valence-corrected chi connectivity index (χ3v) is 3.74. The number of carbonyl (C=O) groups excluding carboxylic acids is 1. The third kappa shape index (κ3) is 4.43. The Hall–Kier alpha value is -1.62. The normalized spacial score (nSPS) is 18.0. The highest BCUT2D eigenvalue weighted by Crippen LogP contribution is 2.31. The zero-order valence-corrected chi connectivity index (χ0v) is 13.1. The van der Waals surface area contributed by atoms with Crippen LogP contribution in [0.3, 0.4) is 0 Å². The van der Waals surface area contributed by atoms with Crippen molar-refractivity contribution in [1.29, 1.82) is 0 Å². The van der Waals surface area contributed by atoms with Crippen molar-refractivity contribution in [3.8, 4) is 0 Å². The molecule has 2 N–H and O–H groups in total. The maximum atomic E-state index is 11.9. The van der Waals surface area contributed by atoms with Gasteiger partial charge in [-0.1, -0.05) is 6.07 Å². The molecular weight excluding hydrogens is 266 g/mol. The number of nitrogens with zero attached hydrogens (tertiary/aromatic N) is 1. The van der Waals surface area contributed by atoms with Crippen LogP contribution in [-0.2, 0) is 10.2 Å². The highest BCUT2D eigenvalue weighted by atomic mass is 16.6. The quantitative estimate of drug-likeness (QED) is 0.896. The minimum Gasteiger partial charge on any atom is -0.444 e. The summed E-state index contributed by atoms with van der Waals surface area (Å²) in [5.41, 5.74) is 0.460. The van der Waals surface area contributed by atoms with Gasteiger partial charge in [0.2, 0.25) is 0 Å². The fourth-order valence-electron chi connectivity index (χ4n) is 2.66. The first-order valence-corrected chi connectivity index (χ1v) is 7.50. The Balaban J connectivity index is 2.06.